The van der Waals surface area contributed by atoms with Crippen LogP contribution in [0.25, 0.3) is 0 Å². The Morgan fingerprint density at radius 2 is 2.22 bits per heavy atom. The maximum absolute atomic E-state index is 9.91. The van der Waals surface area contributed by atoms with Gasteiger partial charge >= 0.3 is 0 Å². The lowest BCUT2D eigenvalue weighted by Gasteiger charge is -2.27. The van der Waals surface area contributed by atoms with Crippen LogP contribution in [0.4, 0.5) is 0 Å². The molecule has 0 aliphatic carbocycles. The van der Waals surface area contributed by atoms with Crippen molar-refractivity contribution in [1.29, 1.82) is 0 Å². The summed E-state index contributed by atoms with van der Waals surface area (Å²) in [4.78, 5) is 0. The highest BCUT2D eigenvalue weighted by atomic mass is 79.9. The molecule has 0 bridgehead atoms. The fourth-order valence-electron chi connectivity index (χ4n) is 1.99. The van der Waals surface area contributed by atoms with Gasteiger partial charge in [-0.2, -0.15) is 0 Å². The average molecular weight is 314 g/mol. The number of fused-ring (bicyclic) bond motifs is 1. The van der Waals surface area contributed by atoms with Crippen molar-refractivity contribution in [3.05, 3.63) is 27.7 Å². The predicted molar refractivity (Wildman–Crippen MR) is 75.9 cm³/mol. The third kappa shape index (κ3) is 3.05. The van der Waals surface area contributed by atoms with Crippen molar-refractivity contribution in [1.82, 2.24) is 5.32 Å². The van der Waals surface area contributed by atoms with Crippen LogP contribution in [0.15, 0.2) is 16.6 Å². The fraction of sp³-hybridized carbons (Fsp3) is 0.571. The van der Waals surface area contributed by atoms with Crippen LogP contribution in [-0.4, -0.2) is 23.4 Å². The fourth-order valence-corrected chi connectivity index (χ4v) is 2.54. The SMILES string of the molecule is CC(NCc1cc(Br)cc2c1OCC2)C(C)(C)O. The van der Waals surface area contributed by atoms with Gasteiger partial charge in [-0.25, -0.2) is 0 Å². The lowest BCUT2D eigenvalue weighted by molar-refractivity contribution is 0.0436. The Labute approximate surface area is 117 Å². The molecule has 0 fully saturated rings. The molecule has 1 aliphatic rings. The molecule has 0 radical (unpaired) electrons. The van der Waals surface area contributed by atoms with E-state index in [2.05, 4.69) is 33.4 Å². The number of ether oxygens (including phenoxy) is 1. The number of halogens is 1. The van der Waals surface area contributed by atoms with Crippen LogP contribution in [0.1, 0.15) is 31.9 Å². The van der Waals surface area contributed by atoms with Crippen LogP contribution < -0.4 is 10.1 Å². The van der Waals surface area contributed by atoms with Gasteiger partial charge in [0, 0.05) is 29.0 Å². The molecule has 0 saturated carbocycles. The topological polar surface area (TPSA) is 41.5 Å². The van der Waals surface area contributed by atoms with E-state index < -0.39 is 5.60 Å². The standard InChI is InChI=1S/C14H20BrNO2/c1-9(14(2,3)17)16-8-11-7-12(15)6-10-4-5-18-13(10)11/h6-7,9,16-17H,4-5,8H2,1-3H3. The van der Waals surface area contributed by atoms with Crippen LogP contribution in [0.5, 0.6) is 5.75 Å². The monoisotopic (exact) mass is 313 g/mol. The van der Waals surface area contributed by atoms with Crippen molar-refractivity contribution in [2.45, 2.75) is 45.4 Å². The quantitative estimate of drug-likeness (QED) is 0.898. The molecule has 0 aromatic heterocycles. The van der Waals surface area contributed by atoms with Gasteiger partial charge in [-0.3, -0.25) is 0 Å². The molecule has 2 N–H and O–H groups in total. The molecule has 2 rings (SSSR count). The average Bonchev–Trinajstić information content (AvgIpc) is 2.71. The molecule has 1 heterocycles. The molecule has 0 saturated heterocycles. The maximum Gasteiger partial charge on any atom is 0.127 e. The summed E-state index contributed by atoms with van der Waals surface area (Å²) in [7, 11) is 0. The lowest BCUT2D eigenvalue weighted by atomic mass is 10.0. The molecule has 3 nitrogen and oxygen atoms in total. The Bertz CT molecular complexity index is 440. The molecule has 1 aromatic carbocycles. The summed E-state index contributed by atoms with van der Waals surface area (Å²) in [5.41, 5.74) is 1.68. The molecular formula is C14H20BrNO2. The van der Waals surface area contributed by atoms with E-state index in [1.165, 1.54) is 5.56 Å². The summed E-state index contributed by atoms with van der Waals surface area (Å²) in [5.74, 6) is 1.01. The first-order chi connectivity index (χ1) is 8.38. The van der Waals surface area contributed by atoms with Crippen LogP contribution in [0.3, 0.4) is 0 Å². The van der Waals surface area contributed by atoms with Gasteiger partial charge in [0.15, 0.2) is 0 Å². The predicted octanol–water partition coefficient (Wildman–Crippen LogP) is 2.63. The number of aliphatic hydroxyl groups is 1. The lowest BCUT2D eigenvalue weighted by Crippen LogP contribution is -2.44. The Morgan fingerprint density at radius 1 is 1.50 bits per heavy atom. The summed E-state index contributed by atoms with van der Waals surface area (Å²) in [6, 6.07) is 4.22. The zero-order chi connectivity index (χ0) is 13.3. The molecule has 1 aromatic rings. The first-order valence-electron chi connectivity index (χ1n) is 6.28. The normalized spacial score (nSPS) is 16.3. The van der Waals surface area contributed by atoms with E-state index in [1.54, 1.807) is 0 Å². The summed E-state index contributed by atoms with van der Waals surface area (Å²) in [5, 5.41) is 13.3. The Morgan fingerprint density at radius 3 is 2.89 bits per heavy atom. The summed E-state index contributed by atoms with van der Waals surface area (Å²) < 4.78 is 6.76. The smallest absolute Gasteiger partial charge is 0.127 e. The van der Waals surface area contributed by atoms with Gasteiger partial charge in [0.1, 0.15) is 5.75 Å². The highest BCUT2D eigenvalue weighted by Crippen LogP contribution is 2.33. The first kappa shape index (κ1) is 13.8. The second kappa shape index (κ2) is 5.19. The maximum atomic E-state index is 9.91. The number of benzene rings is 1. The molecule has 0 spiro atoms. The van der Waals surface area contributed by atoms with Gasteiger partial charge in [-0.15, -0.1) is 0 Å². The molecule has 1 atom stereocenters. The third-order valence-electron chi connectivity index (χ3n) is 3.48. The Hall–Kier alpha value is -0.580. The van der Waals surface area contributed by atoms with Crippen LogP contribution >= 0.6 is 15.9 Å². The highest BCUT2D eigenvalue weighted by molar-refractivity contribution is 9.10. The zero-order valence-electron chi connectivity index (χ0n) is 11.1. The van der Waals surface area contributed by atoms with Crippen LogP contribution in [0, 0.1) is 0 Å². The summed E-state index contributed by atoms with van der Waals surface area (Å²) in [6.07, 6.45) is 0.975. The summed E-state index contributed by atoms with van der Waals surface area (Å²) in [6.45, 7) is 7.07. The van der Waals surface area contributed by atoms with Crippen molar-refractivity contribution >= 4 is 15.9 Å². The van der Waals surface area contributed by atoms with Gasteiger partial charge in [0.05, 0.1) is 12.2 Å². The molecule has 1 aliphatic heterocycles. The molecule has 1 unspecified atom stereocenters. The number of nitrogens with one attached hydrogen (secondary N) is 1. The van der Waals surface area contributed by atoms with E-state index >= 15 is 0 Å². The highest BCUT2D eigenvalue weighted by Gasteiger charge is 2.23. The molecular weight excluding hydrogens is 294 g/mol. The van der Waals surface area contributed by atoms with Crippen molar-refractivity contribution in [3.8, 4) is 5.75 Å². The van der Waals surface area contributed by atoms with E-state index in [4.69, 9.17) is 4.74 Å². The van der Waals surface area contributed by atoms with E-state index in [9.17, 15) is 5.11 Å². The van der Waals surface area contributed by atoms with Gasteiger partial charge < -0.3 is 15.2 Å². The van der Waals surface area contributed by atoms with E-state index in [0.717, 1.165) is 28.8 Å². The number of hydrogen-bond donors (Lipinski definition) is 2. The largest absolute Gasteiger partial charge is 0.493 e. The minimum Gasteiger partial charge on any atom is -0.493 e. The Kier molecular flexibility index (Phi) is 3.99. The third-order valence-corrected chi connectivity index (χ3v) is 3.94. The van der Waals surface area contributed by atoms with Gasteiger partial charge in [0.25, 0.3) is 0 Å². The van der Waals surface area contributed by atoms with Gasteiger partial charge in [-0.05, 0) is 38.5 Å². The van der Waals surface area contributed by atoms with Crippen molar-refractivity contribution in [2.24, 2.45) is 0 Å². The second-order valence-electron chi connectivity index (χ2n) is 5.41. The van der Waals surface area contributed by atoms with Gasteiger partial charge in [-0.1, -0.05) is 15.9 Å². The van der Waals surface area contributed by atoms with E-state index in [0.29, 0.717) is 6.54 Å². The van der Waals surface area contributed by atoms with Crippen LogP contribution in [0.2, 0.25) is 0 Å². The first-order valence-corrected chi connectivity index (χ1v) is 7.07. The molecule has 0 amide bonds. The minimum atomic E-state index is -0.726. The molecule has 18 heavy (non-hydrogen) atoms. The molecule has 4 heteroatoms. The van der Waals surface area contributed by atoms with Crippen LogP contribution in [-0.2, 0) is 13.0 Å². The molecule has 100 valence electrons. The van der Waals surface area contributed by atoms with Crippen molar-refractivity contribution < 1.29 is 9.84 Å². The van der Waals surface area contributed by atoms with Gasteiger partial charge in [0.2, 0.25) is 0 Å². The van der Waals surface area contributed by atoms with E-state index in [-0.39, 0.29) is 6.04 Å². The number of hydrogen-bond acceptors (Lipinski definition) is 3. The second-order valence-corrected chi connectivity index (χ2v) is 6.32. The van der Waals surface area contributed by atoms with Crippen molar-refractivity contribution in [2.75, 3.05) is 6.61 Å². The van der Waals surface area contributed by atoms with Crippen molar-refractivity contribution in [3.63, 3.8) is 0 Å². The van der Waals surface area contributed by atoms with E-state index in [1.807, 2.05) is 20.8 Å². The minimum absolute atomic E-state index is 0.0218. The number of rotatable bonds is 4. The zero-order valence-corrected chi connectivity index (χ0v) is 12.7. The Balaban J connectivity index is 2.11. The summed E-state index contributed by atoms with van der Waals surface area (Å²) >= 11 is 3.53.